The van der Waals surface area contributed by atoms with Crippen molar-refractivity contribution in [3.05, 3.63) is 28.2 Å². The summed E-state index contributed by atoms with van der Waals surface area (Å²) in [5.74, 6) is 3.27. The Hall–Kier alpha value is -2.42. The van der Waals surface area contributed by atoms with Gasteiger partial charge < -0.3 is 14.5 Å². The van der Waals surface area contributed by atoms with Crippen LogP contribution in [0.2, 0.25) is 0 Å². The largest absolute Gasteiger partial charge is 0.492 e. The van der Waals surface area contributed by atoms with E-state index in [-0.39, 0.29) is 0 Å². The average molecular weight is 488 g/mol. The maximum absolute atomic E-state index is 5.81. The summed E-state index contributed by atoms with van der Waals surface area (Å²) in [6, 6.07) is 5.91. The minimum atomic E-state index is 0.478. The molecule has 4 rings (SSSR count). The molecule has 2 aliphatic heterocycles. The predicted molar refractivity (Wildman–Crippen MR) is 128 cm³/mol. The molecule has 1 N–H and O–H groups in total. The molecule has 0 aliphatic carbocycles. The van der Waals surface area contributed by atoms with Gasteiger partial charge >= 0.3 is 0 Å². The molecule has 0 saturated carbocycles. The fourth-order valence-corrected chi connectivity index (χ4v) is 4.17. The van der Waals surface area contributed by atoms with E-state index in [1.165, 1.54) is 25.7 Å². The monoisotopic (exact) mass is 487 g/mol. The van der Waals surface area contributed by atoms with Gasteiger partial charge in [-0.1, -0.05) is 13.8 Å². The van der Waals surface area contributed by atoms with Crippen LogP contribution in [0.4, 0.5) is 17.8 Å². The summed E-state index contributed by atoms with van der Waals surface area (Å²) < 4.78 is 6.71. The van der Waals surface area contributed by atoms with Crippen LogP contribution in [0.3, 0.4) is 0 Å². The Bertz CT molecular complexity index is 874. The van der Waals surface area contributed by atoms with E-state index in [1.54, 1.807) is 6.21 Å². The van der Waals surface area contributed by atoms with E-state index in [0.717, 1.165) is 53.9 Å². The summed E-state index contributed by atoms with van der Waals surface area (Å²) in [6.07, 6.45) is 6.47. The molecule has 3 heterocycles. The molecule has 2 fully saturated rings. The Morgan fingerprint density at radius 1 is 1.03 bits per heavy atom. The molecule has 0 atom stereocenters. The Balaban J connectivity index is 1.46. The number of nitrogens with one attached hydrogen (secondary N) is 1. The SMILES string of the molecule is CC(C)COc1ccc(/C=N\Nc2nc(N3CCCC3)nc(N3CCCC3)n2)cc1Br. The second-order valence-electron chi connectivity index (χ2n) is 8.41. The number of ether oxygens (including phenoxy) is 1. The average Bonchev–Trinajstić information content (AvgIpc) is 3.47. The van der Waals surface area contributed by atoms with Crippen LogP contribution < -0.4 is 20.0 Å². The van der Waals surface area contributed by atoms with Gasteiger partial charge in [0.25, 0.3) is 0 Å². The van der Waals surface area contributed by atoms with Crippen molar-refractivity contribution in [1.82, 2.24) is 15.0 Å². The van der Waals surface area contributed by atoms with Gasteiger partial charge in [0.05, 0.1) is 17.3 Å². The molecule has 1 aromatic carbocycles. The van der Waals surface area contributed by atoms with Crippen LogP contribution in [0, 0.1) is 5.92 Å². The molecule has 31 heavy (non-hydrogen) atoms. The second kappa shape index (κ2) is 10.3. The number of rotatable bonds is 8. The van der Waals surface area contributed by atoms with Crippen LogP contribution in [0.1, 0.15) is 45.1 Å². The van der Waals surface area contributed by atoms with Crippen molar-refractivity contribution >= 4 is 40.0 Å². The van der Waals surface area contributed by atoms with Crippen LogP contribution in [-0.4, -0.2) is 54.0 Å². The number of aromatic nitrogens is 3. The summed E-state index contributed by atoms with van der Waals surface area (Å²) in [6.45, 7) is 8.91. The first-order valence-electron chi connectivity index (χ1n) is 11.1. The molecular formula is C22H30BrN7O. The Morgan fingerprint density at radius 2 is 1.65 bits per heavy atom. The maximum atomic E-state index is 5.81. The van der Waals surface area contributed by atoms with Crippen molar-refractivity contribution in [3.8, 4) is 5.75 Å². The number of nitrogens with zero attached hydrogens (tertiary/aromatic N) is 6. The molecule has 2 aliphatic rings. The minimum absolute atomic E-state index is 0.478. The lowest BCUT2D eigenvalue weighted by Gasteiger charge is -2.20. The highest BCUT2D eigenvalue weighted by atomic mass is 79.9. The maximum Gasteiger partial charge on any atom is 0.250 e. The van der Waals surface area contributed by atoms with Crippen molar-refractivity contribution < 1.29 is 4.74 Å². The third-order valence-corrected chi connectivity index (χ3v) is 5.92. The number of benzene rings is 1. The number of anilines is 3. The topological polar surface area (TPSA) is 78.8 Å². The van der Waals surface area contributed by atoms with Gasteiger partial charge in [0.1, 0.15) is 5.75 Å². The van der Waals surface area contributed by atoms with Gasteiger partial charge in [-0.3, -0.25) is 0 Å². The van der Waals surface area contributed by atoms with E-state index in [9.17, 15) is 0 Å². The summed E-state index contributed by atoms with van der Waals surface area (Å²) >= 11 is 3.58. The summed E-state index contributed by atoms with van der Waals surface area (Å²) in [5.41, 5.74) is 3.95. The Labute approximate surface area is 192 Å². The summed E-state index contributed by atoms with van der Waals surface area (Å²) in [7, 11) is 0. The molecule has 2 saturated heterocycles. The van der Waals surface area contributed by atoms with Gasteiger partial charge in [-0.15, -0.1) is 0 Å². The highest BCUT2D eigenvalue weighted by Gasteiger charge is 2.21. The number of hydrazone groups is 1. The minimum Gasteiger partial charge on any atom is -0.492 e. The molecule has 8 nitrogen and oxygen atoms in total. The first-order valence-corrected chi connectivity index (χ1v) is 11.9. The molecule has 2 aromatic rings. The molecule has 1 aromatic heterocycles. The molecule has 9 heteroatoms. The van der Waals surface area contributed by atoms with Crippen molar-refractivity contribution in [3.63, 3.8) is 0 Å². The molecule has 0 amide bonds. The van der Waals surface area contributed by atoms with Crippen LogP contribution in [-0.2, 0) is 0 Å². The van der Waals surface area contributed by atoms with Gasteiger partial charge in [-0.2, -0.15) is 20.1 Å². The van der Waals surface area contributed by atoms with Crippen molar-refractivity contribution in [1.29, 1.82) is 0 Å². The molecule has 0 unspecified atom stereocenters. The quantitative estimate of drug-likeness (QED) is 0.438. The number of hydrogen-bond acceptors (Lipinski definition) is 8. The predicted octanol–water partition coefficient (Wildman–Crippen LogP) is 4.32. The molecule has 0 bridgehead atoms. The lowest BCUT2D eigenvalue weighted by Crippen LogP contribution is -2.25. The highest BCUT2D eigenvalue weighted by molar-refractivity contribution is 9.10. The van der Waals surface area contributed by atoms with Gasteiger partial charge in [0.2, 0.25) is 17.8 Å². The Morgan fingerprint density at radius 3 is 2.19 bits per heavy atom. The van der Waals surface area contributed by atoms with Crippen LogP contribution in [0.5, 0.6) is 5.75 Å². The first-order chi connectivity index (χ1) is 15.1. The lowest BCUT2D eigenvalue weighted by molar-refractivity contribution is 0.269. The first kappa shape index (κ1) is 21.8. The summed E-state index contributed by atoms with van der Waals surface area (Å²) in [4.78, 5) is 18.4. The number of hydrogen-bond donors (Lipinski definition) is 1. The van der Waals surface area contributed by atoms with Crippen molar-refractivity contribution in [2.45, 2.75) is 39.5 Å². The smallest absolute Gasteiger partial charge is 0.250 e. The van der Waals surface area contributed by atoms with Gasteiger partial charge in [-0.05, 0) is 71.3 Å². The van der Waals surface area contributed by atoms with Gasteiger partial charge in [0, 0.05) is 26.2 Å². The normalized spacial score (nSPS) is 16.6. The standard InChI is InChI=1S/C22H30BrN7O/c1-16(2)15-31-19-8-7-17(13-18(19)23)14-24-28-20-25-21(29-9-3-4-10-29)27-22(26-20)30-11-5-6-12-30/h7-8,13-14,16H,3-6,9-12,15H2,1-2H3,(H,25,26,27,28)/b24-14-. The van der Waals surface area contributed by atoms with E-state index >= 15 is 0 Å². The zero-order valence-electron chi connectivity index (χ0n) is 18.2. The molecule has 166 valence electrons. The molecular weight excluding hydrogens is 458 g/mol. The van der Waals surface area contributed by atoms with E-state index < -0.39 is 0 Å². The fraction of sp³-hybridized carbons (Fsp3) is 0.545. The third-order valence-electron chi connectivity index (χ3n) is 5.30. The van der Waals surface area contributed by atoms with E-state index in [4.69, 9.17) is 9.72 Å². The van der Waals surface area contributed by atoms with Gasteiger partial charge in [-0.25, -0.2) is 5.43 Å². The van der Waals surface area contributed by atoms with Crippen molar-refractivity contribution in [2.75, 3.05) is 48.0 Å². The summed E-state index contributed by atoms with van der Waals surface area (Å²) in [5, 5.41) is 4.37. The zero-order chi connectivity index (χ0) is 21.6. The van der Waals surface area contributed by atoms with E-state index in [0.29, 0.717) is 18.5 Å². The molecule has 0 spiro atoms. The van der Waals surface area contributed by atoms with Crippen LogP contribution in [0.25, 0.3) is 0 Å². The van der Waals surface area contributed by atoms with E-state index in [1.807, 2.05) is 18.2 Å². The number of halogens is 1. The highest BCUT2D eigenvalue weighted by Crippen LogP contribution is 2.26. The van der Waals surface area contributed by atoms with Crippen LogP contribution >= 0.6 is 15.9 Å². The lowest BCUT2D eigenvalue weighted by atomic mass is 10.2. The van der Waals surface area contributed by atoms with Crippen LogP contribution in [0.15, 0.2) is 27.8 Å². The fourth-order valence-electron chi connectivity index (χ4n) is 3.66. The second-order valence-corrected chi connectivity index (χ2v) is 9.27. The molecule has 0 radical (unpaired) electrons. The Kier molecular flexibility index (Phi) is 7.21. The third kappa shape index (κ3) is 5.84. The van der Waals surface area contributed by atoms with E-state index in [2.05, 4.69) is 60.1 Å². The van der Waals surface area contributed by atoms with Gasteiger partial charge in [0.15, 0.2) is 0 Å². The zero-order valence-corrected chi connectivity index (χ0v) is 19.8. The van der Waals surface area contributed by atoms with Crippen molar-refractivity contribution in [2.24, 2.45) is 11.0 Å².